The Morgan fingerprint density at radius 3 is 2.70 bits per heavy atom. The number of esters is 1. The van der Waals surface area contributed by atoms with Gasteiger partial charge in [0.2, 0.25) is 6.79 Å². The number of benzene rings is 1. The van der Waals surface area contributed by atoms with Crippen LogP contribution in [0.2, 0.25) is 0 Å². The summed E-state index contributed by atoms with van der Waals surface area (Å²) in [6, 6.07) is 5.78. The second kappa shape index (κ2) is 5.73. The summed E-state index contributed by atoms with van der Waals surface area (Å²) in [5.74, 6) is 1.52. The molecule has 1 aromatic carbocycles. The number of rotatable bonds is 3. The highest BCUT2D eigenvalue weighted by Gasteiger charge is 2.32. The van der Waals surface area contributed by atoms with Crippen molar-refractivity contribution in [3.8, 4) is 11.5 Å². The largest absolute Gasteiger partial charge is 0.469 e. The molecule has 1 heterocycles. The Labute approximate surface area is 119 Å². The van der Waals surface area contributed by atoms with E-state index in [1.807, 2.05) is 18.2 Å². The molecule has 1 aromatic rings. The predicted molar refractivity (Wildman–Crippen MR) is 73.9 cm³/mol. The molecule has 1 aliphatic carbocycles. The zero-order chi connectivity index (χ0) is 13.9. The molecule has 1 atom stereocenters. The Bertz CT molecular complexity index is 491. The van der Waals surface area contributed by atoms with Gasteiger partial charge in [-0.05, 0) is 36.5 Å². The van der Waals surface area contributed by atoms with Gasteiger partial charge in [-0.1, -0.05) is 25.3 Å². The van der Waals surface area contributed by atoms with Crippen molar-refractivity contribution in [3.63, 3.8) is 0 Å². The Morgan fingerprint density at radius 2 is 1.95 bits per heavy atom. The van der Waals surface area contributed by atoms with Crippen molar-refractivity contribution >= 4 is 5.97 Å². The van der Waals surface area contributed by atoms with Crippen LogP contribution >= 0.6 is 0 Å². The van der Waals surface area contributed by atoms with Gasteiger partial charge in [0.05, 0.1) is 13.0 Å². The highest BCUT2D eigenvalue weighted by atomic mass is 16.7. The molecule has 20 heavy (non-hydrogen) atoms. The number of fused-ring (bicyclic) bond motifs is 1. The lowest BCUT2D eigenvalue weighted by Gasteiger charge is -2.28. The predicted octanol–water partition coefficient (Wildman–Crippen LogP) is 3.25. The molecule has 4 heteroatoms. The van der Waals surface area contributed by atoms with Gasteiger partial charge < -0.3 is 14.2 Å². The van der Waals surface area contributed by atoms with Gasteiger partial charge in [0.15, 0.2) is 11.5 Å². The van der Waals surface area contributed by atoms with Crippen molar-refractivity contribution in [2.24, 2.45) is 5.92 Å². The summed E-state index contributed by atoms with van der Waals surface area (Å²) in [5.41, 5.74) is 0.980. The van der Waals surface area contributed by atoms with Crippen LogP contribution in [0.15, 0.2) is 18.2 Å². The first-order valence-electron chi connectivity index (χ1n) is 7.27. The van der Waals surface area contributed by atoms with Crippen molar-refractivity contribution in [1.29, 1.82) is 0 Å². The third-order valence-corrected chi connectivity index (χ3v) is 4.33. The van der Waals surface area contributed by atoms with Crippen LogP contribution in [-0.4, -0.2) is 19.9 Å². The van der Waals surface area contributed by atoms with Crippen molar-refractivity contribution in [2.45, 2.75) is 38.0 Å². The van der Waals surface area contributed by atoms with Crippen LogP contribution in [-0.2, 0) is 9.53 Å². The molecule has 2 aliphatic rings. The minimum atomic E-state index is -0.185. The maximum absolute atomic E-state index is 12.2. The van der Waals surface area contributed by atoms with Gasteiger partial charge in [-0.2, -0.15) is 0 Å². The average Bonchev–Trinajstić information content (AvgIpc) is 2.96. The van der Waals surface area contributed by atoms with E-state index in [1.54, 1.807) is 0 Å². The molecule has 1 fully saturated rings. The number of carbonyl (C=O) groups excluding carboxylic acids is 1. The number of hydrogen-bond acceptors (Lipinski definition) is 4. The number of methoxy groups -OCH3 is 1. The second-order valence-electron chi connectivity index (χ2n) is 5.51. The fourth-order valence-corrected chi connectivity index (χ4v) is 3.30. The molecule has 3 rings (SSSR count). The van der Waals surface area contributed by atoms with Gasteiger partial charge in [-0.3, -0.25) is 4.79 Å². The Kier molecular flexibility index (Phi) is 3.81. The molecule has 108 valence electrons. The molecule has 0 saturated heterocycles. The molecule has 1 saturated carbocycles. The van der Waals surface area contributed by atoms with Gasteiger partial charge in [0.1, 0.15) is 0 Å². The number of ether oxygens (including phenoxy) is 3. The molecule has 0 N–H and O–H groups in total. The van der Waals surface area contributed by atoms with Crippen LogP contribution in [0.25, 0.3) is 0 Å². The first kappa shape index (κ1) is 13.3. The number of carbonyl (C=O) groups is 1. The summed E-state index contributed by atoms with van der Waals surface area (Å²) < 4.78 is 15.8. The van der Waals surface area contributed by atoms with E-state index in [2.05, 4.69) is 0 Å². The molecule has 0 radical (unpaired) electrons. The van der Waals surface area contributed by atoms with Crippen LogP contribution in [0.1, 0.15) is 43.6 Å². The Morgan fingerprint density at radius 1 is 1.20 bits per heavy atom. The molecule has 0 aromatic heterocycles. The van der Waals surface area contributed by atoms with E-state index in [9.17, 15) is 4.79 Å². The van der Waals surface area contributed by atoms with Crippen molar-refractivity contribution < 1.29 is 19.0 Å². The maximum atomic E-state index is 12.2. The van der Waals surface area contributed by atoms with Crippen molar-refractivity contribution in [3.05, 3.63) is 23.8 Å². The lowest BCUT2D eigenvalue weighted by atomic mass is 9.77. The maximum Gasteiger partial charge on any atom is 0.313 e. The van der Waals surface area contributed by atoms with Crippen LogP contribution in [0.4, 0.5) is 0 Å². The molecule has 4 nitrogen and oxygen atoms in total. The van der Waals surface area contributed by atoms with E-state index < -0.39 is 0 Å². The number of hydrogen-bond donors (Lipinski definition) is 0. The molecular weight excluding hydrogens is 256 g/mol. The fourth-order valence-electron chi connectivity index (χ4n) is 3.30. The standard InChI is InChI=1S/C16H20O4/c1-18-16(17)15(11-5-3-2-4-6-11)12-7-8-13-14(9-12)20-10-19-13/h7-9,11,15H,2-6,10H2,1H3. The molecule has 1 aliphatic heterocycles. The topological polar surface area (TPSA) is 44.8 Å². The van der Waals surface area contributed by atoms with E-state index in [4.69, 9.17) is 14.2 Å². The van der Waals surface area contributed by atoms with Crippen molar-refractivity contribution in [2.75, 3.05) is 13.9 Å². The highest BCUT2D eigenvalue weighted by molar-refractivity contribution is 5.79. The SMILES string of the molecule is COC(=O)C(c1ccc2c(c1)OCO2)C1CCCCC1. The van der Waals surface area contributed by atoms with E-state index in [1.165, 1.54) is 26.4 Å². The van der Waals surface area contributed by atoms with E-state index in [-0.39, 0.29) is 18.7 Å². The minimum Gasteiger partial charge on any atom is -0.469 e. The second-order valence-corrected chi connectivity index (χ2v) is 5.51. The third-order valence-electron chi connectivity index (χ3n) is 4.33. The van der Waals surface area contributed by atoms with Crippen LogP contribution in [0.3, 0.4) is 0 Å². The monoisotopic (exact) mass is 276 g/mol. The molecule has 1 unspecified atom stereocenters. The lowest BCUT2D eigenvalue weighted by molar-refractivity contribution is -0.144. The molecular formula is C16H20O4. The summed E-state index contributed by atoms with van der Waals surface area (Å²) in [5, 5.41) is 0. The third kappa shape index (κ3) is 2.47. The van der Waals surface area contributed by atoms with Gasteiger partial charge in [-0.25, -0.2) is 0 Å². The van der Waals surface area contributed by atoms with Gasteiger partial charge in [-0.15, -0.1) is 0 Å². The average molecular weight is 276 g/mol. The Hall–Kier alpha value is -1.71. The van der Waals surface area contributed by atoms with Crippen LogP contribution in [0, 0.1) is 5.92 Å². The Balaban J connectivity index is 1.90. The van der Waals surface area contributed by atoms with Gasteiger partial charge in [0.25, 0.3) is 0 Å². The minimum absolute atomic E-state index is 0.143. The van der Waals surface area contributed by atoms with Gasteiger partial charge in [0, 0.05) is 0 Å². The zero-order valence-electron chi connectivity index (χ0n) is 11.8. The summed E-state index contributed by atoms with van der Waals surface area (Å²) in [6.07, 6.45) is 5.85. The summed E-state index contributed by atoms with van der Waals surface area (Å²) in [7, 11) is 1.46. The normalized spacial score (nSPS) is 19.6. The first-order chi connectivity index (χ1) is 9.79. The molecule has 0 amide bonds. The fraction of sp³-hybridized carbons (Fsp3) is 0.562. The highest BCUT2D eigenvalue weighted by Crippen LogP contribution is 2.40. The summed E-state index contributed by atoms with van der Waals surface area (Å²) >= 11 is 0. The van der Waals surface area contributed by atoms with Crippen LogP contribution in [0.5, 0.6) is 11.5 Å². The zero-order valence-corrected chi connectivity index (χ0v) is 11.8. The summed E-state index contributed by atoms with van der Waals surface area (Å²) in [4.78, 5) is 12.2. The quantitative estimate of drug-likeness (QED) is 0.795. The van der Waals surface area contributed by atoms with E-state index >= 15 is 0 Å². The van der Waals surface area contributed by atoms with Gasteiger partial charge >= 0.3 is 5.97 Å². The first-order valence-corrected chi connectivity index (χ1v) is 7.27. The molecule has 0 spiro atoms. The van der Waals surface area contributed by atoms with E-state index in [0.29, 0.717) is 5.92 Å². The molecule has 0 bridgehead atoms. The van der Waals surface area contributed by atoms with Crippen LogP contribution < -0.4 is 9.47 Å². The summed E-state index contributed by atoms with van der Waals surface area (Å²) in [6.45, 7) is 0.255. The lowest BCUT2D eigenvalue weighted by Crippen LogP contribution is -2.25. The smallest absolute Gasteiger partial charge is 0.313 e. The van der Waals surface area contributed by atoms with Crippen molar-refractivity contribution in [1.82, 2.24) is 0 Å². The van der Waals surface area contributed by atoms with E-state index in [0.717, 1.165) is 29.9 Å².